The predicted molar refractivity (Wildman–Crippen MR) is 48.7 cm³/mol. The fourth-order valence-corrected chi connectivity index (χ4v) is 1.11. The van der Waals surface area contributed by atoms with Gasteiger partial charge in [-0.05, 0) is 6.07 Å². The molecule has 1 rings (SSSR count). The van der Waals surface area contributed by atoms with Crippen molar-refractivity contribution in [3.63, 3.8) is 0 Å². The van der Waals surface area contributed by atoms with Crippen molar-refractivity contribution < 1.29 is 4.92 Å². The van der Waals surface area contributed by atoms with Gasteiger partial charge in [0.2, 0.25) is 0 Å². The topological polar surface area (TPSA) is 82.0 Å². The second-order valence-electron chi connectivity index (χ2n) is 2.20. The van der Waals surface area contributed by atoms with E-state index < -0.39 is 10.4 Å². The lowest BCUT2D eigenvalue weighted by molar-refractivity contribution is -0.386. The van der Waals surface area contributed by atoms with Gasteiger partial charge in [0.15, 0.2) is 5.69 Å². The number of nitrogens with zero attached hydrogens (tertiary/aromatic N) is 2. The molecule has 5 nitrogen and oxygen atoms in total. The maximum Gasteiger partial charge on any atom is 0.293 e. The molecule has 1 atom stereocenters. The van der Waals surface area contributed by atoms with Crippen LogP contribution in [0.2, 0.25) is 5.15 Å². The van der Waals surface area contributed by atoms with Gasteiger partial charge in [0.25, 0.3) is 5.69 Å². The molecule has 7 heteroatoms. The molecule has 0 aliphatic rings. The first-order valence-corrected chi connectivity index (χ1v) is 4.04. The van der Waals surface area contributed by atoms with Crippen LogP contribution in [-0.2, 0) is 0 Å². The lowest BCUT2D eigenvalue weighted by atomic mass is 10.3. The van der Waals surface area contributed by atoms with Crippen molar-refractivity contribution in [2.75, 3.05) is 0 Å². The number of hydrogen-bond acceptors (Lipinski definition) is 4. The molecular weight excluding hydrogens is 217 g/mol. The third kappa shape index (κ3) is 2.27. The Hall–Kier alpha value is -0.910. The Morgan fingerprint density at radius 2 is 2.23 bits per heavy atom. The number of pyridine rings is 1. The molecule has 0 bridgehead atoms. The maximum atomic E-state index is 10.4. The van der Waals surface area contributed by atoms with Crippen molar-refractivity contribution in [1.29, 1.82) is 0 Å². The minimum absolute atomic E-state index is 0.0285. The van der Waals surface area contributed by atoms with E-state index in [1.165, 1.54) is 12.1 Å². The minimum atomic E-state index is -1.03. The summed E-state index contributed by atoms with van der Waals surface area (Å²) >= 11 is 11.0. The highest BCUT2D eigenvalue weighted by molar-refractivity contribution is 6.29. The molecule has 0 aliphatic carbocycles. The van der Waals surface area contributed by atoms with Gasteiger partial charge < -0.3 is 5.73 Å². The van der Waals surface area contributed by atoms with Crippen molar-refractivity contribution in [1.82, 2.24) is 4.98 Å². The molecule has 13 heavy (non-hydrogen) atoms. The number of aromatic nitrogens is 1. The SMILES string of the molecule is NC(Cl)c1nc(Cl)ccc1[N+](=O)[O-]. The van der Waals surface area contributed by atoms with Crippen LogP contribution < -0.4 is 5.73 Å². The highest BCUT2D eigenvalue weighted by Crippen LogP contribution is 2.25. The van der Waals surface area contributed by atoms with Crippen molar-refractivity contribution in [2.45, 2.75) is 5.50 Å². The number of alkyl halides is 1. The fraction of sp³-hybridized carbons (Fsp3) is 0.167. The van der Waals surface area contributed by atoms with Crippen LogP contribution in [0.3, 0.4) is 0 Å². The molecule has 0 fully saturated rings. The molecule has 1 unspecified atom stereocenters. The van der Waals surface area contributed by atoms with Crippen LogP contribution in [0.4, 0.5) is 5.69 Å². The van der Waals surface area contributed by atoms with Gasteiger partial charge >= 0.3 is 0 Å². The zero-order chi connectivity index (χ0) is 10.0. The zero-order valence-corrected chi connectivity index (χ0v) is 7.79. The van der Waals surface area contributed by atoms with Crippen molar-refractivity contribution >= 4 is 28.9 Å². The first kappa shape index (κ1) is 10.2. The standard InChI is InChI=1S/C6H5Cl2N3O2/c7-4-2-1-3(11(12)13)5(10-4)6(8)9/h1-2,6H,9H2. The van der Waals surface area contributed by atoms with Crippen molar-refractivity contribution in [2.24, 2.45) is 5.73 Å². The number of nitrogens with two attached hydrogens (primary N) is 1. The molecule has 0 saturated carbocycles. The monoisotopic (exact) mass is 221 g/mol. The molecule has 0 radical (unpaired) electrons. The van der Waals surface area contributed by atoms with Gasteiger partial charge in [-0.3, -0.25) is 10.1 Å². The van der Waals surface area contributed by atoms with E-state index in [4.69, 9.17) is 28.9 Å². The van der Waals surface area contributed by atoms with E-state index in [1.54, 1.807) is 0 Å². The average Bonchev–Trinajstić information content (AvgIpc) is 2.03. The van der Waals surface area contributed by atoms with E-state index in [-0.39, 0.29) is 16.5 Å². The van der Waals surface area contributed by atoms with Crippen LogP contribution in [-0.4, -0.2) is 9.91 Å². The van der Waals surface area contributed by atoms with Crippen LogP contribution in [0.5, 0.6) is 0 Å². The van der Waals surface area contributed by atoms with Crippen LogP contribution in [0.1, 0.15) is 11.2 Å². The second-order valence-corrected chi connectivity index (χ2v) is 3.05. The third-order valence-electron chi connectivity index (χ3n) is 1.33. The largest absolute Gasteiger partial charge is 0.310 e. The highest BCUT2D eigenvalue weighted by atomic mass is 35.5. The summed E-state index contributed by atoms with van der Waals surface area (Å²) in [7, 11) is 0. The van der Waals surface area contributed by atoms with E-state index >= 15 is 0 Å². The van der Waals surface area contributed by atoms with E-state index in [9.17, 15) is 10.1 Å². The van der Waals surface area contributed by atoms with E-state index in [1.807, 2.05) is 0 Å². The van der Waals surface area contributed by atoms with Gasteiger partial charge in [0, 0.05) is 6.07 Å². The van der Waals surface area contributed by atoms with Crippen molar-refractivity contribution in [3.8, 4) is 0 Å². The molecule has 0 spiro atoms. The average molecular weight is 222 g/mol. The summed E-state index contributed by atoms with van der Waals surface area (Å²) in [5, 5.41) is 10.6. The summed E-state index contributed by atoms with van der Waals surface area (Å²) in [6.07, 6.45) is 0. The van der Waals surface area contributed by atoms with Gasteiger partial charge in [-0.1, -0.05) is 23.2 Å². The number of halogens is 2. The molecular formula is C6H5Cl2N3O2. The fourth-order valence-electron chi connectivity index (χ4n) is 0.800. The minimum Gasteiger partial charge on any atom is -0.310 e. The summed E-state index contributed by atoms with van der Waals surface area (Å²) in [4.78, 5) is 13.5. The lowest BCUT2D eigenvalue weighted by Crippen LogP contribution is -2.08. The molecule has 0 aliphatic heterocycles. The molecule has 0 aromatic carbocycles. The van der Waals surface area contributed by atoms with Crippen LogP contribution >= 0.6 is 23.2 Å². The number of nitro groups is 1. The summed E-state index contributed by atoms with van der Waals surface area (Å²) in [5.74, 6) is 0. The van der Waals surface area contributed by atoms with Gasteiger partial charge in [0.05, 0.1) is 4.92 Å². The first-order valence-electron chi connectivity index (χ1n) is 3.23. The highest BCUT2D eigenvalue weighted by Gasteiger charge is 2.19. The van der Waals surface area contributed by atoms with E-state index in [2.05, 4.69) is 4.98 Å². The van der Waals surface area contributed by atoms with Gasteiger partial charge in [0.1, 0.15) is 10.7 Å². The normalized spacial score (nSPS) is 12.5. The molecule has 1 aromatic rings. The predicted octanol–water partition coefficient (Wildman–Crippen LogP) is 1.84. The Kier molecular flexibility index (Phi) is 3.02. The summed E-state index contributed by atoms with van der Waals surface area (Å²) in [5.41, 5.74) is 3.97. The molecule has 0 saturated heterocycles. The van der Waals surface area contributed by atoms with E-state index in [0.717, 1.165) is 0 Å². The second kappa shape index (κ2) is 3.87. The molecule has 2 N–H and O–H groups in total. The summed E-state index contributed by atoms with van der Waals surface area (Å²) in [6, 6.07) is 2.52. The van der Waals surface area contributed by atoms with Crippen LogP contribution in [0.15, 0.2) is 12.1 Å². The third-order valence-corrected chi connectivity index (χ3v) is 1.74. The quantitative estimate of drug-likeness (QED) is 0.272. The van der Waals surface area contributed by atoms with Gasteiger partial charge in [-0.2, -0.15) is 0 Å². The molecule has 0 amide bonds. The number of rotatable bonds is 2. The Morgan fingerprint density at radius 1 is 1.62 bits per heavy atom. The number of hydrogen-bond donors (Lipinski definition) is 1. The first-order chi connectivity index (χ1) is 6.02. The summed E-state index contributed by atoms with van der Waals surface area (Å²) < 4.78 is 0. The van der Waals surface area contributed by atoms with Gasteiger partial charge in [-0.15, -0.1) is 0 Å². The van der Waals surface area contributed by atoms with Crippen LogP contribution in [0, 0.1) is 10.1 Å². The van der Waals surface area contributed by atoms with E-state index in [0.29, 0.717) is 0 Å². The maximum absolute atomic E-state index is 10.4. The molecule has 1 aromatic heterocycles. The lowest BCUT2D eigenvalue weighted by Gasteiger charge is -2.03. The van der Waals surface area contributed by atoms with Crippen LogP contribution in [0.25, 0.3) is 0 Å². The summed E-state index contributed by atoms with van der Waals surface area (Å²) in [6.45, 7) is 0. The Morgan fingerprint density at radius 3 is 2.69 bits per heavy atom. The van der Waals surface area contributed by atoms with Gasteiger partial charge in [-0.25, -0.2) is 4.98 Å². The smallest absolute Gasteiger partial charge is 0.293 e. The Balaban J connectivity index is 3.26. The zero-order valence-electron chi connectivity index (χ0n) is 6.28. The Labute approximate surface area is 83.6 Å². The molecule has 70 valence electrons. The van der Waals surface area contributed by atoms with Crippen molar-refractivity contribution in [3.05, 3.63) is 33.1 Å². The molecule has 1 heterocycles. The Bertz CT molecular complexity index is 343.